The molecule has 2 N–H and O–H groups in total. The fourth-order valence-electron chi connectivity index (χ4n) is 14.1. The van der Waals surface area contributed by atoms with Crippen LogP contribution >= 0.6 is 11.3 Å². The zero-order valence-corrected chi connectivity index (χ0v) is 47.1. The number of rotatable bonds is 12. The first-order valence-electron chi connectivity index (χ1n) is 29.1. The number of amides is 2. The first kappa shape index (κ1) is 52.8. The lowest BCUT2D eigenvalue weighted by Gasteiger charge is -2.58. The molecule has 1 aromatic carbocycles. The lowest BCUT2D eigenvalue weighted by Crippen LogP contribution is -2.70. The van der Waals surface area contributed by atoms with Crippen LogP contribution in [0, 0.1) is 16.7 Å². The van der Waals surface area contributed by atoms with E-state index in [9.17, 15) is 9.59 Å². The predicted octanol–water partition coefficient (Wildman–Crippen LogP) is 6.45. The Morgan fingerprint density at radius 2 is 1.78 bits per heavy atom. The summed E-state index contributed by atoms with van der Waals surface area (Å²) >= 11 is 1.52. The normalized spacial score (nSPS) is 30.0. The minimum absolute atomic E-state index is 0.000207. The van der Waals surface area contributed by atoms with E-state index < -0.39 is 35.1 Å². The Morgan fingerprint density at radius 3 is 2.50 bits per heavy atom. The standard InChI is InChI=1S/C59H79N9O9S/c1-36-39-12-15-59(27-39,77-36)56(71)62-50-52(66-31-58(32-66)34-74-35-58)53-61-47(30-78-53)38-8-11-48-43(25-38)45(28-57(3,4)33-76-55(70)46-7-6-16-68(63-46)54(50)69)51(67(48)21-24-75-42-13-22-73-23-14-42)44-26-41(29-60-49(44)37(2)72-5)65-19-17-64(18-20-65)40-9-10-40/h8,11,25-26,29-30,36-37,39-40,42,46,50,52,63H,6-7,9-10,12-24,27-28,31-35H2,1-5H3,(H,62,71)/t36?,37-,39?,46-,50-,52-,59?/m0/s1. The molecular formula is C59H79N9O9S. The number of hydrazine groups is 1. The summed E-state index contributed by atoms with van der Waals surface area (Å²) in [4.78, 5) is 62.9. The number of cyclic esters (lactones) is 1. The van der Waals surface area contributed by atoms with Crippen molar-refractivity contribution in [2.45, 2.75) is 147 Å². The molecule has 7 aliphatic heterocycles. The number of pyridine rings is 1. The monoisotopic (exact) mass is 1090 g/mol. The SMILES string of the molecule is CO[C@@H](C)c1ncc(N2CCN(C3CC3)CC2)cc1-c1c2c3cc(ccc3n1CCOC1CCOCC1)-c1csc(n1)[C@@H](N1CC3(COC3)C1)[C@H](NC(=O)C13CCC(C1)C(C)O3)C(=O)N1CCC[C@H](N1)C(=O)OCC(C)(C)C2. The number of carbonyl (C=O) groups is 3. The van der Waals surface area contributed by atoms with Crippen LogP contribution in [-0.4, -0.2) is 176 Å². The highest BCUT2D eigenvalue weighted by Crippen LogP contribution is 2.50. The van der Waals surface area contributed by atoms with Crippen LogP contribution in [-0.2, 0) is 55.8 Å². The number of fused-ring (bicyclic) bond motifs is 8. The lowest BCUT2D eigenvalue weighted by atomic mass is 9.76. The summed E-state index contributed by atoms with van der Waals surface area (Å²) in [6, 6.07) is 7.33. The molecule has 4 aromatic rings. The van der Waals surface area contributed by atoms with Gasteiger partial charge in [0.15, 0.2) is 0 Å². The molecule has 8 fully saturated rings. The average Bonchev–Trinajstić information content (AvgIpc) is 3.94. The summed E-state index contributed by atoms with van der Waals surface area (Å²) in [5.41, 5.74) is 9.69. The number of aromatic nitrogens is 3. The zero-order chi connectivity index (χ0) is 53.5. The number of anilines is 1. The van der Waals surface area contributed by atoms with Crippen molar-refractivity contribution in [2.24, 2.45) is 16.7 Å². The van der Waals surface area contributed by atoms with Crippen LogP contribution in [0.25, 0.3) is 33.4 Å². The topological polar surface area (TPSA) is 174 Å². The summed E-state index contributed by atoms with van der Waals surface area (Å²) in [6.45, 7) is 18.1. The molecule has 2 saturated carbocycles. The van der Waals surface area contributed by atoms with Crippen molar-refractivity contribution in [1.82, 2.24) is 40.1 Å². The number of nitrogens with one attached hydrogen (secondary N) is 2. The van der Waals surface area contributed by atoms with Crippen LogP contribution in [0.4, 0.5) is 5.69 Å². The molecule has 8 bridgehead atoms. The average molecular weight is 1090 g/mol. The van der Waals surface area contributed by atoms with Crippen molar-refractivity contribution in [3.05, 3.63) is 52.1 Å². The largest absolute Gasteiger partial charge is 0.464 e. The number of benzene rings is 1. The highest BCUT2D eigenvalue weighted by Gasteiger charge is 2.58. The minimum atomic E-state index is -1.04. The molecule has 19 heteroatoms. The molecule has 10 heterocycles. The Labute approximate surface area is 462 Å². The summed E-state index contributed by atoms with van der Waals surface area (Å²) < 4.78 is 39.6. The van der Waals surface area contributed by atoms with Crippen molar-refractivity contribution in [1.29, 1.82) is 0 Å². The van der Waals surface area contributed by atoms with Crippen LogP contribution in [0.15, 0.2) is 35.8 Å². The fraction of sp³-hybridized carbons (Fsp3) is 0.678. The lowest BCUT2D eigenvalue weighted by molar-refractivity contribution is -0.203. The first-order valence-corrected chi connectivity index (χ1v) is 30.0. The van der Waals surface area contributed by atoms with Gasteiger partial charge < -0.3 is 43.2 Å². The van der Waals surface area contributed by atoms with Crippen LogP contribution in [0.3, 0.4) is 0 Å². The van der Waals surface area contributed by atoms with Crippen molar-refractivity contribution >= 4 is 45.7 Å². The van der Waals surface area contributed by atoms with Gasteiger partial charge in [0.1, 0.15) is 22.7 Å². The molecular weight excluding hydrogens is 1010 g/mol. The zero-order valence-electron chi connectivity index (χ0n) is 46.3. The third kappa shape index (κ3) is 9.98. The molecule has 2 amide bonds. The van der Waals surface area contributed by atoms with E-state index in [-0.39, 0.29) is 42.1 Å². The maximum absolute atomic E-state index is 15.4. The third-order valence-corrected chi connectivity index (χ3v) is 19.8. The third-order valence-electron chi connectivity index (χ3n) is 18.9. The Kier molecular flexibility index (Phi) is 14.3. The molecule has 1 spiro atoms. The number of thiazole rings is 1. The molecule has 6 saturated heterocycles. The van der Waals surface area contributed by atoms with Crippen molar-refractivity contribution in [2.75, 3.05) is 97.5 Å². The number of esters is 1. The number of ether oxygens (including phenoxy) is 6. The van der Waals surface area contributed by atoms with Gasteiger partial charge >= 0.3 is 5.97 Å². The minimum Gasteiger partial charge on any atom is -0.464 e. The van der Waals surface area contributed by atoms with Gasteiger partial charge in [0.05, 0.1) is 79.7 Å². The maximum atomic E-state index is 15.4. The molecule has 7 atom stereocenters. The van der Waals surface area contributed by atoms with Crippen LogP contribution in [0.2, 0.25) is 0 Å². The van der Waals surface area contributed by atoms with Gasteiger partial charge in [-0.1, -0.05) is 19.9 Å². The quantitative estimate of drug-likeness (QED) is 0.148. The second kappa shape index (κ2) is 21.1. The van der Waals surface area contributed by atoms with Gasteiger partial charge in [-0.25, -0.2) is 10.4 Å². The van der Waals surface area contributed by atoms with E-state index in [1.54, 1.807) is 12.1 Å². The molecule has 420 valence electrons. The number of hydrogen-bond donors (Lipinski definition) is 2. The highest BCUT2D eigenvalue weighted by molar-refractivity contribution is 7.10. The Balaban J connectivity index is 0.950. The smallest absolute Gasteiger partial charge is 0.324 e. The Bertz CT molecular complexity index is 2890. The molecule has 9 aliphatic rings. The van der Waals surface area contributed by atoms with Gasteiger partial charge in [-0.05, 0) is 108 Å². The van der Waals surface area contributed by atoms with E-state index in [0.717, 1.165) is 107 Å². The van der Waals surface area contributed by atoms with E-state index in [1.165, 1.54) is 24.2 Å². The number of likely N-dealkylation sites (tertiary alicyclic amines) is 1. The number of hydrogen-bond acceptors (Lipinski definition) is 16. The van der Waals surface area contributed by atoms with Gasteiger partial charge in [-0.3, -0.25) is 34.2 Å². The van der Waals surface area contributed by atoms with Gasteiger partial charge in [0.25, 0.3) is 11.8 Å². The number of carbonyl (C=O) groups excluding carboxylic acids is 3. The highest BCUT2D eigenvalue weighted by atomic mass is 32.1. The van der Waals surface area contributed by atoms with E-state index >= 15 is 4.79 Å². The maximum Gasteiger partial charge on any atom is 0.324 e. The van der Waals surface area contributed by atoms with Crippen LogP contribution in [0.1, 0.15) is 114 Å². The summed E-state index contributed by atoms with van der Waals surface area (Å²) in [7, 11) is 1.75. The number of piperazine rings is 1. The summed E-state index contributed by atoms with van der Waals surface area (Å²) in [6.07, 6.45) is 9.92. The Morgan fingerprint density at radius 1 is 0.974 bits per heavy atom. The molecule has 3 unspecified atom stereocenters. The molecule has 78 heavy (non-hydrogen) atoms. The van der Waals surface area contributed by atoms with E-state index in [0.29, 0.717) is 97.2 Å². The first-order chi connectivity index (χ1) is 37.8. The van der Waals surface area contributed by atoms with Crippen molar-refractivity contribution < 1.29 is 42.8 Å². The van der Waals surface area contributed by atoms with E-state index in [2.05, 4.69) is 80.4 Å². The number of methoxy groups -OCH3 is 1. The van der Waals surface area contributed by atoms with Gasteiger partial charge in [0.2, 0.25) is 0 Å². The van der Waals surface area contributed by atoms with Crippen LogP contribution in [0.5, 0.6) is 0 Å². The molecule has 3 aromatic heterocycles. The molecule has 2 aliphatic carbocycles. The van der Waals surface area contributed by atoms with Crippen molar-refractivity contribution in [3.63, 3.8) is 0 Å². The van der Waals surface area contributed by atoms with Crippen LogP contribution < -0.4 is 15.6 Å². The second-order valence-corrected chi connectivity index (χ2v) is 26.0. The summed E-state index contributed by atoms with van der Waals surface area (Å²) in [5.74, 6) is -0.679. The van der Waals surface area contributed by atoms with Gasteiger partial charge in [-0.2, -0.15) is 0 Å². The fourth-order valence-corrected chi connectivity index (χ4v) is 15.1. The summed E-state index contributed by atoms with van der Waals surface area (Å²) in [5, 5.41) is 8.79. The van der Waals surface area contributed by atoms with Gasteiger partial charge in [-0.15, -0.1) is 11.3 Å². The molecule has 0 radical (unpaired) electrons. The molecule has 18 nitrogen and oxygen atoms in total. The van der Waals surface area contributed by atoms with E-state index in [1.807, 2.05) is 13.1 Å². The number of nitrogens with zero attached hydrogens (tertiary/aromatic N) is 7. The van der Waals surface area contributed by atoms with Gasteiger partial charge in [0, 0.05) is 117 Å². The molecule has 13 rings (SSSR count). The second-order valence-electron chi connectivity index (χ2n) is 25.1. The van der Waals surface area contributed by atoms with E-state index in [4.69, 9.17) is 38.4 Å². The van der Waals surface area contributed by atoms with Crippen molar-refractivity contribution in [3.8, 4) is 22.5 Å². The predicted molar refractivity (Wildman–Crippen MR) is 295 cm³/mol. The Hall–Kier alpha value is -4.57.